The van der Waals surface area contributed by atoms with Crippen LogP contribution in [0.15, 0.2) is 36.9 Å². The highest BCUT2D eigenvalue weighted by atomic mass is 32.2. The van der Waals surface area contributed by atoms with E-state index in [1.165, 1.54) is 18.5 Å². The standard InChI is InChI=1S/C12H14N4O3S/c1-12(2,20(17,18)19)9-16-7-4-10(8-15-16)11-13-5-3-6-14-11/h3-8H,9H2,1-2H3/p+1. The molecule has 0 saturated carbocycles. The van der Waals surface area contributed by atoms with Gasteiger partial charge in [-0.15, -0.1) is 0 Å². The first-order valence-electron chi connectivity index (χ1n) is 5.90. The molecular weight excluding hydrogens is 280 g/mol. The zero-order valence-electron chi connectivity index (χ0n) is 11.1. The lowest BCUT2D eigenvalue weighted by atomic mass is 10.2. The van der Waals surface area contributed by atoms with E-state index in [0.717, 1.165) is 5.56 Å². The Kier molecular flexibility index (Phi) is 3.78. The zero-order chi connectivity index (χ0) is 14.8. The highest BCUT2D eigenvalue weighted by molar-refractivity contribution is 7.87. The molecule has 2 aromatic heterocycles. The molecule has 0 unspecified atom stereocenters. The molecule has 0 aliphatic heterocycles. The van der Waals surface area contributed by atoms with E-state index < -0.39 is 14.9 Å². The Hall–Kier alpha value is -1.93. The van der Waals surface area contributed by atoms with Crippen LogP contribution in [0.3, 0.4) is 0 Å². The number of aromatic nitrogens is 4. The van der Waals surface area contributed by atoms with E-state index in [2.05, 4.69) is 15.1 Å². The van der Waals surface area contributed by atoms with Crippen molar-refractivity contribution in [2.75, 3.05) is 0 Å². The van der Waals surface area contributed by atoms with Crippen LogP contribution in [0, 0.1) is 0 Å². The molecule has 2 rings (SSSR count). The predicted molar refractivity (Wildman–Crippen MR) is 71.1 cm³/mol. The lowest BCUT2D eigenvalue weighted by molar-refractivity contribution is -0.756. The van der Waals surface area contributed by atoms with Crippen molar-refractivity contribution >= 4 is 10.1 Å². The molecule has 0 bridgehead atoms. The van der Waals surface area contributed by atoms with E-state index >= 15 is 0 Å². The van der Waals surface area contributed by atoms with E-state index in [1.807, 2.05) is 0 Å². The zero-order valence-corrected chi connectivity index (χ0v) is 11.9. The van der Waals surface area contributed by atoms with Crippen molar-refractivity contribution in [3.63, 3.8) is 0 Å². The SMILES string of the molecule is CC(C)(C[n+]1ccc(-c2ncccn2)cn1)S(=O)(=O)O. The molecule has 0 fully saturated rings. The molecule has 0 radical (unpaired) electrons. The summed E-state index contributed by atoms with van der Waals surface area (Å²) in [4.78, 5) is 8.19. The first-order chi connectivity index (χ1) is 9.29. The van der Waals surface area contributed by atoms with Gasteiger partial charge in [-0.25, -0.2) is 9.97 Å². The van der Waals surface area contributed by atoms with Crippen LogP contribution >= 0.6 is 0 Å². The number of nitrogens with zero attached hydrogens (tertiary/aromatic N) is 4. The molecule has 0 aliphatic carbocycles. The van der Waals surface area contributed by atoms with Gasteiger partial charge in [0.15, 0.2) is 23.3 Å². The maximum Gasteiger partial charge on any atom is 0.276 e. The molecule has 20 heavy (non-hydrogen) atoms. The molecular formula is C12H15N4O3S+. The Morgan fingerprint density at radius 3 is 2.45 bits per heavy atom. The molecule has 0 amide bonds. The summed E-state index contributed by atoms with van der Waals surface area (Å²) in [5.41, 5.74) is 0.728. The van der Waals surface area contributed by atoms with Gasteiger partial charge in [-0.2, -0.15) is 8.42 Å². The lowest BCUT2D eigenvalue weighted by Crippen LogP contribution is -2.50. The fourth-order valence-corrected chi connectivity index (χ4v) is 1.83. The van der Waals surface area contributed by atoms with Gasteiger partial charge in [-0.1, -0.05) is 4.68 Å². The van der Waals surface area contributed by atoms with Gasteiger partial charge in [-0.05, 0) is 25.0 Å². The maximum atomic E-state index is 11.2. The molecule has 1 N–H and O–H groups in total. The van der Waals surface area contributed by atoms with Crippen molar-refractivity contribution in [2.45, 2.75) is 25.1 Å². The Balaban J connectivity index is 2.22. The molecule has 0 aromatic carbocycles. The topological polar surface area (TPSA) is 96.9 Å². The first-order valence-corrected chi connectivity index (χ1v) is 7.34. The third-order valence-electron chi connectivity index (χ3n) is 2.84. The first kappa shape index (κ1) is 14.5. The van der Waals surface area contributed by atoms with Crippen molar-refractivity contribution in [1.82, 2.24) is 15.1 Å². The van der Waals surface area contributed by atoms with E-state index in [4.69, 9.17) is 4.55 Å². The number of hydrogen-bond donors (Lipinski definition) is 1. The Labute approximate surface area is 117 Å². The van der Waals surface area contributed by atoms with Crippen LogP contribution in [0.1, 0.15) is 13.8 Å². The molecule has 106 valence electrons. The van der Waals surface area contributed by atoms with Gasteiger partial charge >= 0.3 is 0 Å². The van der Waals surface area contributed by atoms with E-state index in [1.54, 1.807) is 36.9 Å². The summed E-state index contributed by atoms with van der Waals surface area (Å²) >= 11 is 0. The summed E-state index contributed by atoms with van der Waals surface area (Å²) in [6, 6.07) is 3.46. The summed E-state index contributed by atoms with van der Waals surface area (Å²) in [5.74, 6) is 0.543. The third kappa shape index (κ3) is 3.14. The van der Waals surface area contributed by atoms with E-state index in [9.17, 15) is 8.42 Å². The maximum absolute atomic E-state index is 11.2. The second-order valence-electron chi connectivity index (χ2n) is 4.92. The molecule has 2 aromatic rings. The molecule has 0 aliphatic rings. The normalized spacial score (nSPS) is 12.3. The minimum absolute atomic E-state index is 0.0434. The van der Waals surface area contributed by atoms with Crippen LogP contribution < -0.4 is 4.68 Å². The summed E-state index contributed by atoms with van der Waals surface area (Å²) in [5, 5.41) is 4.11. The Morgan fingerprint density at radius 2 is 1.95 bits per heavy atom. The minimum atomic E-state index is -4.15. The summed E-state index contributed by atoms with van der Waals surface area (Å²) in [6.07, 6.45) is 6.43. The largest absolute Gasteiger partial charge is 0.285 e. The van der Waals surface area contributed by atoms with Crippen LogP contribution in [-0.2, 0) is 16.7 Å². The summed E-state index contributed by atoms with van der Waals surface area (Å²) < 4.78 is 31.8. The lowest BCUT2D eigenvalue weighted by Gasteiger charge is -2.15. The van der Waals surface area contributed by atoms with E-state index in [0.29, 0.717) is 5.82 Å². The predicted octanol–water partition coefficient (Wildman–Crippen LogP) is 0.493. The van der Waals surface area contributed by atoms with Gasteiger partial charge in [0.2, 0.25) is 0 Å². The van der Waals surface area contributed by atoms with Crippen molar-refractivity contribution in [3.05, 3.63) is 36.9 Å². The quantitative estimate of drug-likeness (QED) is 0.651. The highest BCUT2D eigenvalue weighted by Gasteiger charge is 2.37. The van der Waals surface area contributed by atoms with Crippen molar-refractivity contribution in [2.24, 2.45) is 0 Å². The molecule has 8 heteroatoms. The smallest absolute Gasteiger partial charge is 0.276 e. The average Bonchev–Trinajstić information content (AvgIpc) is 2.39. The van der Waals surface area contributed by atoms with Gasteiger partial charge in [0.05, 0.1) is 0 Å². The molecule has 0 spiro atoms. The summed E-state index contributed by atoms with van der Waals surface area (Å²) in [7, 11) is -4.15. The highest BCUT2D eigenvalue weighted by Crippen LogP contribution is 2.15. The third-order valence-corrected chi connectivity index (χ3v) is 4.36. The molecule has 0 atom stereocenters. The van der Waals surface area contributed by atoms with Crippen LogP contribution in [-0.4, -0.2) is 32.8 Å². The fraction of sp³-hybridized carbons (Fsp3) is 0.333. The minimum Gasteiger partial charge on any atom is -0.285 e. The second kappa shape index (κ2) is 5.22. The van der Waals surface area contributed by atoms with Crippen LogP contribution in [0.2, 0.25) is 0 Å². The van der Waals surface area contributed by atoms with Crippen molar-refractivity contribution in [3.8, 4) is 11.4 Å². The molecule has 2 heterocycles. The van der Waals surface area contributed by atoms with Crippen LogP contribution in [0.5, 0.6) is 0 Å². The van der Waals surface area contributed by atoms with Crippen LogP contribution in [0.25, 0.3) is 11.4 Å². The monoisotopic (exact) mass is 295 g/mol. The van der Waals surface area contributed by atoms with Gasteiger partial charge in [0.1, 0.15) is 6.20 Å². The van der Waals surface area contributed by atoms with Gasteiger partial charge in [0.25, 0.3) is 10.1 Å². The number of rotatable bonds is 4. The van der Waals surface area contributed by atoms with E-state index in [-0.39, 0.29) is 6.54 Å². The average molecular weight is 295 g/mol. The van der Waals surface area contributed by atoms with Gasteiger partial charge < -0.3 is 0 Å². The fourth-order valence-electron chi connectivity index (χ4n) is 1.53. The van der Waals surface area contributed by atoms with Crippen molar-refractivity contribution in [1.29, 1.82) is 0 Å². The van der Waals surface area contributed by atoms with Crippen LogP contribution in [0.4, 0.5) is 0 Å². The Bertz CT molecular complexity index is 684. The number of hydrogen-bond acceptors (Lipinski definition) is 5. The molecule has 0 saturated heterocycles. The van der Waals surface area contributed by atoms with Crippen molar-refractivity contribution < 1.29 is 17.7 Å². The Morgan fingerprint density at radius 1 is 1.30 bits per heavy atom. The molecule has 7 nitrogen and oxygen atoms in total. The van der Waals surface area contributed by atoms with Gasteiger partial charge in [-0.3, -0.25) is 4.55 Å². The van der Waals surface area contributed by atoms with Gasteiger partial charge in [0, 0.05) is 24.0 Å². The summed E-state index contributed by atoms with van der Waals surface area (Å²) in [6.45, 7) is 2.91. The second-order valence-corrected chi connectivity index (χ2v) is 6.98.